The molecule has 4 N–H and O–H groups in total. The molecule has 0 aliphatic carbocycles. The summed E-state index contributed by atoms with van der Waals surface area (Å²) in [6.07, 6.45) is 1.62. The van der Waals surface area contributed by atoms with Gasteiger partial charge in [-0.25, -0.2) is 4.79 Å². The molecule has 1 atom stereocenters. The molecule has 0 bridgehead atoms. The molecule has 0 aromatic carbocycles. The minimum Gasteiger partial charge on any atom is -0.459 e. The van der Waals surface area contributed by atoms with E-state index in [4.69, 9.17) is 15.2 Å². The number of ether oxygens (including phenoxy) is 2. The van der Waals surface area contributed by atoms with Gasteiger partial charge in [0.25, 0.3) is 0 Å². The molecule has 0 saturated heterocycles. The lowest BCUT2D eigenvalue weighted by molar-refractivity contribution is -0.157. The van der Waals surface area contributed by atoms with Crippen LogP contribution < -0.4 is 16.4 Å². The van der Waals surface area contributed by atoms with Gasteiger partial charge in [-0.2, -0.15) is 0 Å². The zero-order valence-electron chi connectivity index (χ0n) is 16.0. The van der Waals surface area contributed by atoms with Gasteiger partial charge in [0.1, 0.15) is 17.2 Å². The third kappa shape index (κ3) is 13.1. The smallest absolute Gasteiger partial charge is 0.407 e. The second-order valence-electron chi connectivity index (χ2n) is 7.75. The van der Waals surface area contributed by atoms with Crippen molar-refractivity contribution in [2.24, 2.45) is 5.73 Å². The van der Waals surface area contributed by atoms with E-state index in [0.717, 1.165) is 6.42 Å². The standard InChI is InChI=1S/C17H35N3O4/c1-16(2,3)23-14(21)13(9-7-10-18)19-11-8-12-20-15(22)24-17(4,5)6/h13,19H,7-12,18H2,1-6H3,(H,20,22). The molecule has 0 aliphatic heterocycles. The number of hydrogen-bond donors (Lipinski definition) is 3. The highest BCUT2D eigenvalue weighted by atomic mass is 16.6. The van der Waals surface area contributed by atoms with E-state index < -0.39 is 17.3 Å². The predicted octanol–water partition coefficient (Wildman–Crippen LogP) is 1.94. The number of alkyl carbamates (subject to hydrolysis) is 1. The van der Waals surface area contributed by atoms with Gasteiger partial charge in [0.15, 0.2) is 0 Å². The molecule has 0 rings (SSSR count). The van der Waals surface area contributed by atoms with E-state index in [1.807, 2.05) is 41.5 Å². The second kappa shape index (κ2) is 10.5. The molecule has 7 nitrogen and oxygen atoms in total. The summed E-state index contributed by atoms with van der Waals surface area (Å²) in [7, 11) is 0. The quantitative estimate of drug-likeness (QED) is 0.436. The van der Waals surface area contributed by atoms with Gasteiger partial charge < -0.3 is 25.8 Å². The first-order chi connectivity index (χ1) is 10.9. The number of nitrogens with one attached hydrogen (secondary N) is 2. The second-order valence-corrected chi connectivity index (χ2v) is 7.75. The van der Waals surface area contributed by atoms with E-state index in [9.17, 15) is 9.59 Å². The van der Waals surface area contributed by atoms with Crippen LogP contribution >= 0.6 is 0 Å². The van der Waals surface area contributed by atoms with Crippen LogP contribution in [-0.4, -0.2) is 48.9 Å². The van der Waals surface area contributed by atoms with Crippen molar-refractivity contribution in [1.29, 1.82) is 0 Å². The highest BCUT2D eigenvalue weighted by molar-refractivity contribution is 5.76. The van der Waals surface area contributed by atoms with Crippen LogP contribution in [0, 0.1) is 0 Å². The lowest BCUT2D eigenvalue weighted by atomic mass is 10.1. The fourth-order valence-corrected chi connectivity index (χ4v) is 1.87. The molecule has 142 valence electrons. The Balaban J connectivity index is 4.15. The Morgan fingerprint density at radius 2 is 1.54 bits per heavy atom. The molecule has 0 spiro atoms. The number of hydrogen-bond acceptors (Lipinski definition) is 6. The summed E-state index contributed by atoms with van der Waals surface area (Å²) in [6, 6.07) is -0.380. The molecule has 0 saturated carbocycles. The average Bonchev–Trinajstić information content (AvgIpc) is 2.37. The lowest BCUT2D eigenvalue weighted by Gasteiger charge is -2.24. The van der Waals surface area contributed by atoms with Gasteiger partial charge in [-0.15, -0.1) is 0 Å². The van der Waals surface area contributed by atoms with E-state index in [2.05, 4.69) is 10.6 Å². The Bertz CT molecular complexity index is 386. The third-order valence-electron chi connectivity index (χ3n) is 2.80. The zero-order valence-corrected chi connectivity index (χ0v) is 16.0. The van der Waals surface area contributed by atoms with Crippen LogP contribution in [0.2, 0.25) is 0 Å². The Kier molecular flexibility index (Phi) is 9.92. The monoisotopic (exact) mass is 345 g/mol. The molecular formula is C17H35N3O4. The van der Waals surface area contributed by atoms with Crippen LogP contribution in [0.5, 0.6) is 0 Å². The number of carbonyl (C=O) groups excluding carboxylic acids is 2. The molecule has 0 aromatic rings. The van der Waals surface area contributed by atoms with Gasteiger partial charge in [0.2, 0.25) is 0 Å². The number of rotatable bonds is 9. The van der Waals surface area contributed by atoms with Gasteiger partial charge >= 0.3 is 12.1 Å². The summed E-state index contributed by atoms with van der Waals surface area (Å²) in [5.74, 6) is -0.268. The van der Waals surface area contributed by atoms with E-state index in [1.54, 1.807) is 0 Å². The van der Waals surface area contributed by atoms with Gasteiger partial charge in [0, 0.05) is 6.54 Å². The maximum Gasteiger partial charge on any atom is 0.407 e. The number of esters is 1. The largest absolute Gasteiger partial charge is 0.459 e. The Morgan fingerprint density at radius 3 is 2.04 bits per heavy atom. The lowest BCUT2D eigenvalue weighted by Crippen LogP contribution is -2.42. The van der Waals surface area contributed by atoms with Gasteiger partial charge in [-0.3, -0.25) is 4.79 Å². The molecule has 7 heteroatoms. The maximum absolute atomic E-state index is 12.2. The topological polar surface area (TPSA) is 103 Å². The number of nitrogens with two attached hydrogens (primary N) is 1. The molecule has 0 fully saturated rings. The summed E-state index contributed by atoms with van der Waals surface area (Å²) >= 11 is 0. The van der Waals surface area contributed by atoms with E-state index in [-0.39, 0.29) is 12.0 Å². The van der Waals surface area contributed by atoms with Crippen molar-refractivity contribution in [2.45, 2.75) is 78.0 Å². The molecule has 0 aromatic heterocycles. The maximum atomic E-state index is 12.2. The highest BCUT2D eigenvalue weighted by Crippen LogP contribution is 2.10. The van der Waals surface area contributed by atoms with Crippen LogP contribution in [0.15, 0.2) is 0 Å². The van der Waals surface area contributed by atoms with Crippen LogP contribution in [-0.2, 0) is 14.3 Å². The Labute approximate surface area is 146 Å². The van der Waals surface area contributed by atoms with Crippen LogP contribution in [0.3, 0.4) is 0 Å². The minimum atomic E-state index is -0.516. The van der Waals surface area contributed by atoms with Gasteiger partial charge in [0.05, 0.1) is 0 Å². The van der Waals surface area contributed by atoms with Gasteiger partial charge in [-0.1, -0.05) is 0 Å². The molecule has 1 amide bonds. The summed E-state index contributed by atoms with van der Waals surface area (Å²) in [5.41, 5.74) is 4.50. The molecule has 0 aliphatic rings. The van der Waals surface area contributed by atoms with Gasteiger partial charge in [-0.05, 0) is 73.9 Å². The Hall–Kier alpha value is -1.34. The van der Waals surface area contributed by atoms with E-state index in [1.165, 1.54) is 0 Å². The minimum absolute atomic E-state index is 0.268. The first kappa shape index (κ1) is 22.7. The first-order valence-corrected chi connectivity index (χ1v) is 8.58. The summed E-state index contributed by atoms with van der Waals surface area (Å²) in [5, 5.41) is 5.86. The van der Waals surface area contributed by atoms with E-state index in [0.29, 0.717) is 32.5 Å². The summed E-state index contributed by atoms with van der Waals surface area (Å²) < 4.78 is 10.6. The third-order valence-corrected chi connectivity index (χ3v) is 2.80. The average molecular weight is 345 g/mol. The molecule has 0 radical (unpaired) electrons. The molecule has 1 unspecified atom stereocenters. The van der Waals surface area contributed by atoms with Crippen LogP contribution in [0.1, 0.15) is 60.8 Å². The summed E-state index contributed by atoms with van der Waals surface area (Å²) in [6.45, 7) is 12.6. The molecular weight excluding hydrogens is 310 g/mol. The van der Waals surface area contributed by atoms with Crippen molar-refractivity contribution in [2.75, 3.05) is 19.6 Å². The highest BCUT2D eigenvalue weighted by Gasteiger charge is 2.24. The van der Waals surface area contributed by atoms with Crippen molar-refractivity contribution in [1.82, 2.24) is 10.6 Å². The van der Waals surface area contributed by atoms with Crippen molar-refractivity contribution in [3.05, 3.63) is 0 Å². The summed E-state index contributed by atoms with van der Waals surface area (Å²) in [4.78, 5) is 23.7. The normalized spacial score (nSPS) is 13.3. The first-order valence-electron chi connectivity index (χ1n) is 8.58. The van der Waals surface area contributed by atoms with Crippen molar-refractivity contribution in [3.8, 4) is 0 Å². The van der Waals surface area contributed by atoms with Crippen LogP contribution in [0.4, 0.5) is 4.79 Å². The SMILES string of the molecule is CC(C)(C)OC(=O)NCCCNC(CCCN)C(=O)OC(C)(C)C. The van der Waals surface area contributed by atoms with E-state index >= 15 is 0 Å². The van der Waals surface area contributed by atoms with Crippen molar-refractivity contribution < 1.29 is 19.1 Å². The van der Waals surface area contributed by atoms with Crippen molar-refractivity contribution >= 4 is 12.1 Å². The molecule has 24 heavy (non-hydrogen) atoms. The van der Waals surface area contributed by atoms with Crippen molar-refractivity contribution in [3.63, 3.8) is 0 Å². The fraction of sp³-hybridized carbons (Fsp3) is 0.882. The predicted molar refractivity (Wildman–Crippen MR) is 94.8 cm³/mol. The Morgan fingerprint density at radius 1 is 0.958 bits per heavy atom. The zero-order chi connectivity index (χ0) is 18.8. The number of carbonyl (C=O) groups is 2. The van der Waals surface area contributed by atoms with Crippen LogP contribution in [0.25, 0.3) is 0 Å². The number of amides is 1. The fourth-order valence-electron chi connectivity index (χ4n) is 1.87. The molecule has 0 heterocycles.